The number of nitrogens with zero attached hydrogens (tertiary/aromatic N) is 2. The van der Waals surface area contributed by atoms with Crippen LogP contribution in [-0.4, -0.2) is 27.7 Å². The number of thioether (sulfide) groups is 1. The highest BCUT2D eigenvalue weighted by Crippen LogP contribution is 2.36. The highest BCUT2D eigenvalue weighted by molar-refractivity contribution is 7.99. The second-order valence-corrected chi connectivity index (χ2v) is 6.84. The lowest BCUT2D eigenvalue weighted by molar-refractivity contribution is 0.315. The maximum Gasteiger partial charge on any atom is 0.232 e. The highest BCUT2D eigenvalue weighted by atomic mass is 32.2. The highest BCUT2D eigenvalue weighted by Gasteiger charge is 2.32. The summed E-state index contributed by atoms with van der Waals surface area (Å²) in [4.78, 5) is 4.63. The first-order valence-electron chi connectivity index (χ1n) is 6.91. The summed E-state index contributed by atoms with van der Waals surface area (Å²) in [6, 6.07) is 0.175. The lowest BCUT2D eigenvalue weighted by Crippen LogP contribution is -2.26. The SMILES string of the molecule is CC1CCCC(c2noc(C3CSCC3N)n2)C1. The van der Waals surface area contributed by atoms with Crippen molar-refractivity contribution >= 4 is 11.8 Å². The van der Waals surface area contributed by atoms with Crippen molar-refractivity contribution in [3.05, 3.63) is 11.7 Å². The van der Waals surface area contributed by atoms with Gasteiger partial charge in [0.2, 0.25) is 5.89 Å². The molecule has 1 saturated carbocycles. The van der Waals surface area contributed by atoms with Crippen molar-refractivity contribution in [1.29, 1.82) is 0 Å². The molecule has 4 nitrogen and oxygen atoms in total. The van der Waals surface area contributed by atoms with E-state index < -0.39 is 0 Å². The number of rotatable bonds is 2. The van der Waals surface area contributed by atoms with Gasteiger partial charge in [-0.1, -0.05) is 24.9 Å². The van der Waals surface area contributed by atoms with E-state index in [0.717, 1.165) is 29.1 Å². The van der Waals surface area contributed by atoms with E-state index in [1.54, 1.807) is 0 Å². The largest absolute Gasteiger partial charge is 0.339 e. The molecule has 0 bridgehead atoms. The van der Waals surface area contributed by atoms with Gasteiger partial charge in [0, 0.05) is 23.5 Å². The van der Waals surface area contributed by atoms with Crippen LogP contribution < -0.4 is 5.73 Å². The van der Waals surface area contributed by atoms with Gasteiger partial charge in [-0.05, 0) is 18.8 Å². The van der Waals surface area contributed by atoms with Crippen molar-refractivity contribution in [3.63, 3.8) is 0 Å². The van der Waals surface area contributed by atoms with Crippen LogP contribution in [0.5, 0.6) is 0 Å². The third-order valence-corrected chi connectivity index (χ3v) is 5.42. The van der Waals surface area contributed by atoms with Gasteiger partial charge in [0.1, 0.15) is 0 Å². The van der Waals surface area contributed by atoms with Gasteiger partial charge in [-0.25, -0.2) is 0 Å². The van der Waals surface area contributed by atoms with E-state index >= 15 is 0 Å². The molecule has 0 amide bonds. The molecule has 0 spiro atoms. The Morgan fingerprint density at radius 3 is 2.94 bits per heavy atom. The van der Waals surface area contributed by atoms with Gasteiger partial charge in [-0.15, -0.1) is 0 Å². The Balaban J connectivity index is 1.72. The number of nitrogens with two attached hydrogens (primary N) is 1. The standard InChI is InChI=1S/C13H21N3OS/c1-8-3-2-4-9(5-8)12-15-13(17-16-12)10-6-18-7-11(10)14/h8-11H,2-7,14H2,1H3. The van der Waals surface area contributed by atoms with Crippen LogP contribution in [0.1, 0.15) is 56.2 Å². The fourth-order valence-electron chi connectivity index (χ4n) is 3.06. The molecule has 2 fully saturated rings. The fourth-order valence-corrected chi connectivity index (χ4v) is 4.34. The van der Waals surface area contributed by atoms with E-state index in [9.17, 15) is 0 Å². The molecule has 4 atom stereocenters. The van der Waals surface area contributed by atoms with Crippen LogP contribution in [0.4, 0.5) is 0 Å². The van der Waals surface area contributed by atoms with Crippen molar-refractivity contribution < 1.29 is 4.52 Å². The minimum atomic E-state index is 0.175. The van der Waals surface area contributed by atoms with Gasteiger partial charge in [-0.2, -0.15) is 16.7 Å². The van der Waals surface area contributed by atoms with Crippen molar-refractivity contribution in [2.45, 2.75) is 50.5 Å². The minimum Gasteiger partial charge on any atom is -0.339 e. The molecule has 1 saturated heterocycles. The predicted octanol–water partition coefficient (Wildman–Crippen LogP) is 2.52. The molecule has 2 heterocycles. The van der Waals surface area contributed by atoms with Crippen LogP contribution in [0.25, 0.3) is 0 Å². The van der Waals surface area contributed by atoms with E-state index in [1.807, 2.05) is 11.8 Å². The molecule has 1 aliphatic heterocycles. The molecule has 1 aromatic rings. The quantitative estimate of drug-likeness (QED) is 0.892. The summed E-state index contributed by atoms with van der Waals surface area (Å²) in [5.74, 6) is 5.25. The zero-order valence-corrected chi connectivity index (χ0v) is 11.7. The van der Waals surface area contributed by atoms with Crippen molar-refractivity contribution in [2.24, 2.45) is 11.7 Å². The summed E-state index contributed by atoms with van der Waals surface area (Å²) in [5.41, 5.74) is 6.07. The summed E-state index contributed by atoms with van der Waals surface area (Å²) >= 11 is 1.88. The van der Waals surface area contributed by atoms with Crippen LogP contribution in [0.3, 0.4) is 0 Å². The molecular weight excluding hydrogens is 246 g/mol. The summed E-state index contributed by atoms with van der Waals surface area (Å²) in [6.45, 7) is 2.32. The smallest absolute Gasteiger partial charge is 0.232 e. The van der Waals surface area contributed by atoms with Crippen LogP contribution >= 0.6 is 11.8 Å². The predicted molar refractivity (Wildman–Crippen MR) is 72.7 cm³/mol. The average Bonchev–Trinajstić information content (AvgIpc) is 2.97. The molecule has 4 unspecified atom stereocenters. The monoisotopic (exact) mass is 267 g/mol. The fraction of sp³-hybridized carbons (Fsp3) is 0.846. The lowest BCUT2D eigenvalue weighted by atomic mass is 9.82. The lowest BCUT2D eigenvalue weighted by Gasteiger charge is -2.23. The zero-order valence-electron chi connectivity index (χ0n) is 10.8. The summed E-state index contributed by atoms with van der Waals surface area (Å²) in [6.07, 6.45) is 5.03. The summed E-state index contributed by atoms with van der Waals surface area (Å²) in [7, 11) is 0. The first kappa shape index (κ1) is 12.5. The summed E-state index contributed by atoms with van der Waals surface area (Å²) in [5, 5.41) is 4.20. The van der Waals surface area contributed by atoms with Crippen LogP contribution in [0, 0.1) is 5.92 Å². The van der Waals surface area contributed by atoms with Crippen LogP contribution in [0.2, 0.25) is 0 Å². The Bertz CT molecular complexity index is 409. The Labute approximate surface area is 112 Å². The Morgan fingerprint density at radius 2 is 2.22 bits per heavy atom. The maximum atomic E-state index is 6.07. The molecule has 1 aliphatic carbocycles. The molecule has 100 valence electrons. The molecule has 0 aromatic carbocycles. The molecule has 0 radical (unpaired) electrons. The van der Waals surface area contributed by atoms with Crippen LogP contribution in [0.15, 0.2) is 4.52 Å². The minimum absolute atomic E-state index is 0.175. The molecule has 5 heteroatoms. The average molecular weight is 267 g/mol. The normalized spacial score (nSPS) is 37.0. The first-order chi connectivity index (χ1) is 8.74. The third kappa shape index (κ3) is 2.43. The van der Waals surface area contributed by atoms with Gasteiger partial charge < -0.3 is 10.3 Å². The van der Waals surface area contributed by atoms with E-state index in [1.165, 1.54) is 25.7 Å². The van der Waals surface area contributed by atoms with Gasteiger partial charge in [-0.3, -0.25) is 0 Å². The number of aromatic nitrogens is 2. The van der Waals surface area contributed by atoms with E-state index in [-0.39, 0.29) is 12.0 Å². The van der Waals surface area contributed by atoms with E-state index in [4.69, 9.17) is 10.3 Å². The maximum absolute atomic E-state index is 6.07. The zero-order chi connectivity index (χ0) is 12.5. The summed E-state index contributed by atoms with van der Waals surface area (Å²) < 4.78 is 5.45. The van der Waals surface area contributed by atoms with E-state index in [2.05, 4.69) is 17.1 Å². The molecule has 3 rings (SSSR count). The molecule has 2 aliphatic rings. The van der Waals surface area contributed by atoms with E-state index in [0.29, 0.717) is 5.92 Å². The first-order valence-corrected chi connectivity index (χ1v) is 8.06. The van der Waals surface area contributed by atoms with Crippen LogP contribution in [-0.2, 0) is 0 Å². The Morgan fingerprint density at radius 1 is 1.33 bits per heavy atom. The number of hydrogen-bond donors (Lipinski definition) is 1. The van der Waals surface area contributed by atoms with Gasteiger partial charge in [0.05, 0.1) is 5.92 Å². The van der Waals surface area contributed by atoms with Gasteiger partial charge >= 0.3 is 0 Å². The number of hydrogen-bond acceptors (Lipinski definition) is 5. The Kier molecular flexibility index (Phi) is 3.61. The third-order valence-electron chi connectivity index (χ3n) is 4.20. The van der Waals surface area contributed by atoms with Crippen molar-refractivity contribution in [1.82, 2.24) is 10.1 Å². The second-order valence-electron chi connectivity index (χ2n) is 5.77. The second kappa shape index (κ2) is 5.21. The molecule has 18 heavy (non-hydrogen) atoms. The van der Waals surface area contributed by atoms with Crippen molar-refractivity contribution in [2.75, 3.05) is 11.5 Å². The van der Waals surface area contributed by atoms with Gasteiger partial charge in [0.25, 0.3) is 0 Å². The Hall–Kier alpha value is -0.550. The van der Waals surface area contributed by atoms with Gasteiger partial charge in [0.15, 0.2) is 5.82 Å². The molecule has 1 aromatic heterocycles. The van der Waals surface area contributed by atoms with Crippen molar-refractivity contribution in [3.8, 4) is 0 Å². The topological polar surface area (TPSA) is 64.9 Å². The molecular formula is C13H21N3OS. The molecule has 2 N–H and O–H groups in total.